The highest BCUT2D eigenvalue weighted by atomic mass is 16.5. The molecule has 1 aliphatic carbocycles. The molecule has 0 radical (unpaired) electrons. The average molecular weight is 418 g/mol. The summed E-state index contributed by atoms with van der Waals surface area (Å²) in [7, 11) is 0. The molecule has 0 aliphatic heterocycles. The van der Waals surface area contributed by atoms with E-state index in [2.05, 4.69) is 28.7 Å². The Balaban J connectivity index is 1.49. The van der Waals surface area contributed by atoms with Crippen molar-refractivity contribution < 1.29 is 24.2 Å². The standard InChI is InChI=1S/C24H22N2O5/c1-16(23(29)25-13-6-11-22(27)28)12-14-26-24(30)31-15-21-19-9-4-2-7-17(19)18-8-3-5-10-20(18)21/h2-5,7-10,12,21H,13-15H2,1H3,(H,25,29)(H,26,30)(H,27,28)/b16-12+. The van der Waals surface area contributed by atoms with Crippen LogP contribution >= 0.6 is 0 Å². The third-order valence-corrected chi connectivity index (χ3v) is 4.89. The first-order chi connectivity index (χ1) is 15.0. The summed E-state index contributed by atoms with van der Waals surface area (Å²) in [5, 5.41) is 13.5. The molecule has 0 bridgehead atoms. The summed E-state index contributed by atoms with van der Waals surface area (Å²) in [4.78, 5) is 34.3. The van der Waals surface area contributed by atoms with E-state index in [1.165, 1.54) is 0 Å². The summed E-state index contributed by atoms with van der Waals surface area (Å²) in [5.74, 6) is 2.54. The van der Waals surface area contributed by atoms with Crippen LogP contribution in [-0.4, -0.2) is 42.8 Å². The molecule has 2 aromatic carbocycles. The Hall–Kier alpha value is -4.05. The van der Waals surface area contributed by atoms with Gasteiger partial charge >= 0.3 is 12.1 Å². The van der Waals surface area contributed by atoms with Gasteiger partial charge in [-0.15, -0.1) is 0 Å². The fourth-order valence-corrected chi connectivity index (χ4v) is 3.41. The van der Waals surface area contributed by atoms with E-state index in [4.69, 9.17) is 9.84 Å². The van der Waals surface area contributed by atoms with E-state index >= 15 is 0 Å². The van der Waals surface area contributed by atoms with Crippen LogP contribution in [0, 0.1) is 11.8 Å². The minimum Gasteiger partial charge on any atom is -0.472 e. The number of carbonyl (C=O) groups is 3. The van der Waals surface area contributed by atoms with Crippen LogP contribution in [0.25, 0.3) is 11.1 Å². The van der Waals surface area contributed by atoms with Gasteiger partial charge in [0, 0.05) is 24.0 Å². The molecule has 0 fully saturated rings. The maximum atomic E-state index is 12.1. The highest BCUT2D eigenvalue weighted by Crippen LogP contribution is 2.44. The first-order valence-corrected chi connectivity index (χ1v) is 9.73. The lowest BCUT2D eigenvalue weighted by atomic mass is 9.98. The van der Waals surface area contributed by atoms with Gasteiger partial charge in [-0.3, -0.25) is 4.79 Å². The van der Waals surface area contributed by atoms with E-state index in [-0.39, 0.29) is 25.6 Å². The minimum atomic E-state index is -1.26. The molecule has 0 unspecified atom stereocenters. The van der Waals surface area contributed by atoms with Crippen LogP contribution in [0.15, 0.2) is 60.2 Å². The van der Waals surface area contributed by atoms with Gasteiger partial charge in [-0.25, -0.2) is 9.59 Å². The predicted molar refractivity (Wildman–Crippen MR) is 115 cm³/mol. The second-order valence-corrected chi connectivity index (χ2v) is 6.88. The Morgan fingerprint density at radius 2 is 1.65 bits per heavy atom. The lowest BCUT2D eigenvalue weighted by Crippen LogP contribution is -2.28. The summed E-state index contributed by atoms with van der Waals surface area (Å²) >= 11 is 0. The van der Waals surface area contributed by atoms with Crippen LogP contribution < -0.4 is 10.6 Å². The van der Waals surface area contributed by atoms with Gasteiger partial charge in [-0.05, 0) is 29.2 Å². The molecular formula is C24H22N2O5. The number of hydrogen-bond acceptors (Lipinski definition) is 4. The van der Waals surface area contributed by atoms with Gasteiger partial charge in [0.1, 0.15) is 6.61 Å². The quantitative estimate of drug-likeness (QED) is 0.494. The highest BCUT2D eigenvalue weighted by molar-refractivity contribution is 5.93. The second kappa shape index (κ2) is 10.1. The maximum Gasteiger partial charge on any atom is 0.407 e. The van der Waals surface area contributed by atoms with E-state index in [0.29, 0.717) is 5.57 Å². The molecule has 0 saturated carbocycles. The van der Waals surface area contributed by atoms with E-state index in [1.807, 2.05) is 42.3 Å². The van der Waals surface area contributed by atoms with E-state index in [1.54, 1.807) is 13.0 Å². The first-order valence-electron chi connectivity index (χ1n) is 9.73. The zero-order valence-electron chi connectivity index (χ0n) is 17.0. The molecule has 2 amide bonds. The van der Waals surface area contributed by atoms with Crippen LogP contribution in [0.5, 0.6) is 0 Å². The summed E-state index contributed by atoms with van der Waals surface area (Å²) in [6.07, 6.45) is 0.972. The zero-order chi connectivity index (χ0) is 22.2. The zero-order valence-corrected chi connectivity index (χ0v) is 17.0. The van der Waals surface area contributed by atoms with Crippen molar-refractivity contribution >= 4 is 18.0 Å². The molecule has 7 nitrogen and oxygen atoms in total. The van der Waals surface area contributed by atoms with Crippen molar-refractivity contribution in [1.29, 1.82) is 0 Å². The highest BCUT2D eigenvalue weighted by Gasteiger charge is 2.28. The number of fused-ring (bicyclic) bond motifs is 3. The molecule has 2 aromatic rings. The van der Waals surface area contributed by atoms with Crippen molar-refractivity contribution in [3.63, 3.8) is 0 Å². The number of amides is 2. The van der Waals surface area contributed by atoms with Gasteiger partial charge in [0.25, 0.3) is 0 Å². The number of carboxylic acids is 1. The largest absolute Gasteiger partial charge is 0.472 e. The topological polar surface area (TPSA) is 105 Å². The van der Waals surface area contributed by atoms with Crippen LogP contribution in [0.1, 0.15) is 24.0 Å². The number of benzene rings is 2. The summed E-state index contributed by atoms with van der Waals surface area (Å²) < 4.78 is 5.43. The van der Waals surface area contributed by atoms with Crippen molar-refractivity contribution in [1.82, 2.24) is 10.6 Å². The van der Waals surface area contributed by atoms with Crippen LogP contribution in [0.3, 0.4) is 0 Å². The van der Waals surface area contributed by atoms with Gasteiger partial charge < -0.3 is 20.5 Å². The number of carbonyl (C=O) groups excluding carboxylic acids is 2. The number of hydrogen-bond donors (Lipinski definition) is 3. The predicted octanol–water partition coefficient (Wildman–Crippen LogP) is 2.68. The van der Waals surface area contributed by atoms with Crippen molar-refractivity contribution in [3.8, 4) is 23.0 Å². The Morgan fingerprint density at radius 3 is 2.26 bits per heavy atom. The number of alkyl carbamates (subject to hydrolysis) is 1. The van der Waals surface area contributed by atoms with Gasteiger partial charge in [0.05, 0.1) is 6.54 Å². The van der Waals surface area contributed by atoms with Crippen molar-refractivity contribution in [3.05, 3.63) is 71.3 Å². The molecular weight excluding hydrogens is 396 g/mol. The third kappa shape index (κ3) is 5.52. The minimum absolute atomic E-state index is 0.0203. The van der Waals surface area contributed by atoms with Crippen molar-refractivity contribution in [2.75, 3.05) is 19.7 Å². The van der Waals surface area contributed by atoms with Gasteiger partial charge in [0.2, 0.25) is 5.91 Å². The lowest BCUT2D eigenvalue weighted by molar-refractivity contribution is -0.130. The monoisotopic (exact) mass is 418 g/mol. The van der Waals surface area contributed by atoms with Gasteiger partial charge in [0.15, 0.2) is 0 Å². The van der Waals surface area contributed by atoms with Crippen LogP contribution in [0.2, 0.25) is 0 Å². The average Bonchev–Trinajstić information content (AvgIpc) is 3.08. The molecule has 3 rings (SSSR count). The van der Waals surface area contributed by atoms with Crippen molar-refractivity contribution in [2.45, 2.75) is 12.8 Å². The molecule has 3 N–H and O–H groups in total. The molecule has 0 atom stereocenters. The third-order valence-electron chi connectivity index (χ3n) is 4.89. The molecule has 0 saturated heterocycles. The Kier molecular flexibility index (Phi) is 7.07. The van der Waals surface area contributed by atoms with E-state index in [0.717, 1.165) is 22.3 Å². The normalized spacial score (nSPS) is 12.1. The Labute approximate surface area is 180 Å². The second-order valence-electron chi connectivity index (χ2n) is 6.88. The van der Waals surface area contributed by atoms with E-state index < -0.39 is 18.0 Å². The molecule has 158 valence electrons. The number of aliphatic carboxylic acids is 1. The van der Waals surface area contributed by atoms with Gasteiger partial charge in [-0.1, -0.05) is 60.5 Å². The maximum absolute atomic E-state index is 12.1. The summed E-state index contributed by atoms with van der Waals surface area (Å²) in [6.45, 7) is 1.84. The van der Waals surface area contributed by atoms with E-state index in [9.17, 15) is 14.4 Å². The SMILES string of the molecule is C/C(=C\CNC(=O)OCC1c2ccccc2-c2ccccc21)C(=O)NCC#CC(=O)O. The summed E-state index contributed by atoms with van der Waals surface area (Å²) in [5.41, 5.74) is 4.95. The fourth-order valence-electron chi connectivity index (χ4n) is 3.41. The molecule has 0 heterocycles. The molecule has 0 aromatic heterocycles. The van der Waals surface area contributed by atoms with Crippen LogP contribution in [-0.2, 0) is 14.3 Å². The number of rotatable bonds is 6. The van der Waals surface area contributed by atoms with Crippen LogP contribution in [0.4, 0.5) is 4.79 Å². The number of carboxylic acid groups (broad SMARTS) is 1. The van der Waals surface area contributed by atoms with Gasteiger partial charge in [-0.2, -0.15) is 0 Å². The Bertz CT molecular complexity index is 1050. The molecule has 1 aliphatic rings. The summed E-state index contributed by atoms with van der Waals surface area (Å²) in [6, 6.07) is 16.2. The Morgan fingerprint density at radius 1 is 1.03 bits per heavy atom. The first kappa shape index (κ1) is 21.7. The molecule has 7 heteroatoms. The molecule has 31 heavy (non-hydrogen) atoms. The lowest BCUT2D eigenvalue weighted by Gasteiger charge is -2.14. The smallest absolute Gasteiger partial charge is 0.407 e. The fraction of sp³-hybridized carbons (Fsp3) is 0.208. The number of nitrogens with one attached hydrogen (secondary N) is 2. The van der Waals surface area contributed by atoms with Crippen molar-refractivity contribution in [2.24, 2.45) is 0 Å². The number of ether oxygens (including phenoxy) is 1. The molecule has 0 spiro atoms.